The third-order valence-electron chi connectivity index (χ3n) is 5.34. The van der Waals surface area contributed by atoms with Gasteiger partial charge in [-0.2, -0.15) is 10.2 Å². The van der Waals surface area contributed by atoms with Gasteiger partial charge in [-0.3, -0.25) is 9.67 Å². The summed E-state index contributed by atoms with van der Waals surface area (Å²) >= 11 is 0. The van der Waals surface area contributed by atoms with Crippen LogP contribution in [-0.4, -0.2) is 55.9 Å². The summed E-state index contributed by atoms with van der Waals surface area (Å²) in [6.07, 6.45) is 11.8. The van der Waals surface area contributed by atoms with Gasteiger partial charge in [-0.15, -0.1) is 0 Å². The van der Waals surface area contributed by atoms with Gasteiger partial charge < -0.3 is 15.8 Å². The Hall–Kier alpha value is -3.69. The molecule has 4 heterocycles. The molecule has 0 aromatic carbocycles. The summed E-state index contributed by atoms with van der Waals surface area (Å²) in [6.45, 7) is 5.10. The Morgan fingerprint density at radius 2 is 2.23 bits per heavy atom. The van der Waals surface area contributed by atoms with Gasteiger partial charge in [0.15, 0.2) is 0 Å². The molecular formula is C21H26N8O2. The summed E-state index contributed by atoms with van der Waals surface area (Å²) in [5.41, 5.74) is 9.71. The summed E-state index contributed by atoms with van der Waals surface area (Å²) in [7, 11) is 0. The Bertz CT molecular complexity index is 1130. The number of ether oxygens (including phenoxy) is 1. The monoisotopic (exact) mass is 422 g/mol. The number of cyclic esters (lactones) is 1. The lowest BCUT2D eigenvalue weighted by Crippen LogP contribution is -2.17. The highest BCUT2D eigenvalue weighted by Gasteiger charge is 2.21. The van der Waals surface area contributed by atoms with Crippen molar-refractivity contribution in [3.8, 4) is 11.3 Å². The topological polar surface area (TPSA) is 125 Å². The van der Waals surface area contributed by atoms with Gasteiger partial charge in [-0.1, -0.05) is 13.8 Å². The number of carbonyl (C=O) groups excluding carboxylic acids is 1. The van der Waals surface area contributed by atoms with Crippen molar-refractivity contribution in [3.05, 3.63) is 42.7 Å². The molecule has 1 aliphatic heterocycles. The van der Waals surface area contributed by atoms with E-state index in [9.17, 15) is 4.79 Å². The molecule has 10 heteroatoms. The Labute approximate surface area is 179 Å². The minimum Gasteiger partial charge on any atom is -0.442 e. The van der Waals surface area contributed by atoms with Gasteiger partial charge in [0.05, 0.1) is 54.6 Å². The number of aromatic nitrogens is 5. The van der Waals surface area contributed by atoms with Crippen LogP contribution in [0.2, 0.25) is 0 Å². The van der Waals surface area contributed by atoms with E-state index in [1.807, 2.05) is 29.3 Å². The fourth-order valence-corrected chi connectivity index (χ4v) is 3.60. The van der Waals surface area contributed by atoms with Gasteiger partial charge in [-0.05, 0) is 18.9 Å². The van der Waals surface area contributed by atoms with Crippen LogP contribution < -0.4 is 11.1 Å². The molecule has 1 amide bonds. The number of amides is 1. The van der Waals surface area contributed by atoms with E-state index in [1.54, 1.807) is 16.9 Å². The number of nitrogens with two attached hydrogens (primary N) is 1. The first kappa shape index (κ1) is 20.6. The van der Waals surface area contributed by atoms with Gasteiger partial charge in [0.2, 0.25) is 0 Å². The highest BCUT2D eigenvalue weighted by molar-refractivity contribution is 6.09. The predicted molar refractivity (Wildman–Crippen MR) is 118 cm³/mol. The zero-order valence-electron chi connectivity index (χ0n) is 17.6. The number of rotatable bonds is 8. The van der Waals surface area contributed by atoms with Crippen LogP contribution in [0.3, 0.4) is 0 Å². The lowest BCUT2D eigenvalue weighted by Gasteiger charge is -2.12. The van der Waals surface area contributed by atoms with E-state index in [-0.39, 0.29) is 6.10 Å². The Morgan fingerprint density at radius 3 is 2.94 bits per heavy atom. The maximum absolute atomic E-state index is 11.1. The van der Waals surface area contributed by atoms with E-state index in [2.05, 4.69) is 34.4 Å². The molecule has 1 aliphatic rings. The summed E-state index contributed by atoms with van der Waals surface area (Å²) in [5.74, 6) is 0. The molecule has 0 aliphatic carbocycles. The normalized spacial score (nSPS) is 17.1. The van der Waals surface area contributed by atoms with Crippen LogP contribution in [0.15, 0.2) is 42.0 Å². The first-order chi connectivity index (χ1) is 15.1. The number of hydrogen-bond acceptors (Lipinski definition) is 7. The molecular weight excluding hydrogens is 396 g/mol. The SMILES string of the molecule is CCC(CC)n1cc(-c2nc(C(C=NCC3CNC(=O)O3)=CN)cn3nccc23)cn1. The number of hydrogen-bond donors (Lipinski definition) is 2. The second-order valence-electron chi connectivity index (χ2n) is 7.34. The van der Waals surface area contributed by atoms with Crippen LogP contribution in [-0.2, 0) is 4.74 Å². The second kappa shape index (κ2) is 8.99. The van der Waals surface area contributed by atoms with Gasteiger partial charge in [-0.25, -0.2) is 14.3 Å². The molecule has 3 N–H and O–H groups in total. The molecule has 162 valence electrons. The Balaban J connectivity index is 1.64. The zero-order valence-corrected chi connectivity index (χ0v) is 17.6. The van der Waals surface area contributed by atoms with Gasteiger partial charge >= 0.3 is 6.09 Å². The van der Waals surface area contributed by atoms with Crippen molar-refractivity contribution in [1.82, 2.24) is 29.7 Å². The molecule has 1 atom stereocenters. The zero-order chi connectivity index (χ0) is 21.8. The van der Waals surface area contributed by atoms with E-state index < -0.39 is 6.09 Å². The van der Waals surface area contributed by atoms with Crippen LogP contribution in [0.1, 0.15) is 38.4 Å². The van der Waals surface area contributed by atoms with Crippen molar-refractivity contribution in [2.24, 2.45) is 10.7 Å². The standard InChI is InChI=1S/C21H26N8O2/c1-3-16(4-2)28-12-15(9-26-28)20-19-5-6-25-29(19)13-18(27-20)14(7-22)8-23-10-17-11-24-21(30)31-17/h5-9,12-13,16-17H,3-4,10-11,22H2,1-2H3,(H,24,30). The average Bonchev–Trinajstić information content (AvgIpc) is 3.52. The molecule has 0 bridgehead atoms. The number of carbonyl (C=O) groups is 1. The number of allylic oxidation sites excluding steroid dienone is 1. The van der Waals surface area contributed by atoms with E-state index >= 15 is 0 Å². The van der Waals surface area contributed by atoms with Gasteiger partial charge in [0.25, 0.3) is 0 Å². The minimum atomic E-state index is -0.417. The van der Waals surface area contributed by atoms with Crippen molar-refractivity contribution in [3.63, 3.8) is 0 Å². The lowest BCUT2D eigenvalue weighted by atomic mass is 10.1. The molecule has 1 saturated heterocycles. The molecule has 0 radical (unpaired) electrons. The van der Waals surface area contributed by atoms with Crippen molar-refractivity contribution in [2.45, 2.75) is 38.8 Å². The van der Waals surface area contributed by atoms with Crippen molar-refractivity contribution in [1.29, 1.82) is 0 Å². The molecule has 1 unspecified atom stereocenters. The molecule has 3 aromatic rings. The summed E-state index contributed by atoms with van der Waals surface area (Å²) in [6, 6.07) is 2.27. The summed E-state index contributed by atoms with van der Waals surface area (Å²) in [5, 5.41) is 11.5. The van der Waals surface area contributed by atoms with E-state index in [0.717, 1.165) is 29.6 Å². The maximum atomic E-state index is 11.1. The lowest BCUT2D eigenvalue weighted by molar-refractivity contribution is 0.144. The van der Waals surface area contributed by atoms with E-state index in [1.165, 1.54) is 6.20 Å². The summed E-state index contributed by atoms with van der Waals surface area (Å²) in [4.78, 5) is 20.4. The van der Waals surface area contributed by atoms with Crippen molar-refractivity contribution >= 4 is 23.4 Å². The van der Waals surface area contributed by atoms with Crippen LogP contribution >= 0.6 is 0 Å². The first-order valence-electron chi connectivity index (χ1n) is 10.4. The average molecular weight is 422 g/mol. The Morgan fingerprint density at radius 1 is 1.39 bits per heavy atom. The van der Waals surface area contributed by atoms with Crippen LogP contribution in [0.4, 0.5) is 4.79 Å². The molecule has 0 spiro atoms. The smallest absolute Gasteiger partial charge is 0.407 e. The Kier molecular flexibility index (Phi) is 5.96. The molecule has 1 fully saturated rings. The third-order valence-corrected chi connectivity index (χ3v) is 5.34. The van der Waals surface area contributed by atoms with Crippen LogP contribution in [0.5, 0.6) is 0 Å². The molecule has 10 nitrogen and oxygen atoms in total. The van der Waals surface area contributed by atoms with Crippen LogP contribution in [0, 0.1) is 0 Å². The summed E-state index contributed by atoms with van der Waals surface area (Å²) < 4.78 is 8.86. The van der Waals surface area contributed by atoms with Gasteiger partial charge in [0, 0.05) is 29.7 Å². The quantitative estimate of drug-likeness (QED) is 0.537. The predicted octanol–water partition coefficient (Wildman–Crippen LogP) is 2.43. The molecule has 4 rings (SSSR count). The maximum Gasteiger partial charge on any atom is 0.407 e. The number of fused-ring (bicyclic) bond motifs is 1. The van der Waals surface area contributed by atoms with Crippen LogP contribution in [0.25, 0.3) is 22.3 Å². The third kappa shape index (κ3) is 4.27. The van der Waals surface area contributed by atoms with Gasteiger partial charge in [0.1, 0.15) is 6.10 Å². The minimum absolute atomic E-state index is 0.282. The molecule has 0 saturated carbocycles. The number of nitrogens with one attached hydrogen (secondary N) is 1. The molecule has 31 heavy (non-hydrogen) atoms. The fraction of sp³-hybridized carbons (Fsp3) is 0.381. The first-order valence-corrected chi connectivity index (χ1v) is 10.4. The molecule has 3 aromatic heterocycles. The highest BCUT2D eigenvalue weighted by Crippen LogP contribution is 2.26. The highest BCUT2D eigenvalue weighted by atomic mass is 16.6. The van der Waals surface area contributed by atoms with Crippen molar-refractivity contribution < 1.29 is 9.53 Å². The second-order valence-corrected chi connectivity index (χ2v) is 7.34. The number of aliphatic imine (C=N–C) groups is 1. The number of nitrogens with zero attached hydrogens (tertiary/aromatic N) is 6. The van der Waals surface area contributed by atoms with E-state index in [4.69, 9.17) is 15.5 Å². The fourth-order valence-electron chi connectivity index (χ4n) is 3.60. The van der Waals surface area contributed by atoms with Crippen molar-refractivity contribution in [2.75, 3.05) is 13.1 Å². The largest absolute Gasteiger partial charge is 0.442 e. The van der Waals surface area contributed by atoms with E-state index in [0.29, 0.717) is 30.4 Å². The number of alkyl carbamates (subject to hydrolysis) is 1.